The highest BCUT2D eigenvalue weighted by atomic mass is 32.2. The van der Waals surface area contributed by atoms with Crippen LogP contribution in [0.25, 0.3) is 22.0 Å². The highest BCUT2D eigenvalue weighted by Crippen LogP contribution is 2.40. The number of likely N-dealkylation sites (tertiary alicyclic amines) is 1. The van der Waals surface area contributed by atoms with Gasteiger partial charge in [-0.2, -0.15) is 0 Å². The molecular formula is C36H44N4O6S. The van der Waals surface area contributed by atoms with Gasteiger partial charge in [-0.1, -0.05) is 12.1 Å². The Labute approximate surface area is 276 Å². The third kappa shape index (κ3) is 7.35. The number of carbonyl (C=O) groups is 1. The molecule has 0 bridgehead atoms. The fraction of sp³-hybridized carbons (Fsp3) is 0.444. The van der Waals surface area contributed by atoms with Crippen molar-refractivity contribution in [3.8, 4) is 22.6 Å². The Morgan fingerprint density at radius 3 is 2.43 bits per heavy atom. The number of anilines is 1. The Kier molecular flexibility index (Phi) is 9.11. The summed E-state index contributed by atoms with van der Waals surface area (Å²) in [6.45, 7) is 7.55. The van der Waals surface area contributed by atoms with Crippen molar-refractivity contribution in [3.63, 3.8) is 0 Å². The van der Waals surface area contributed by atoms with Crippen LogP contribution in [0.3, 0.4) is 0 Å². The van der Waals surface area contributed by atoms with Crippen LogP contribution in [0, 0.1) is 5.92 Å². The smallest absolute Gasteiger partial charge is 0.410 e. The molecule has 1 amide bonds. The van der Waals surface area contributed by atoms with Crippen LogP contribution in [0.2, 0.25) is 0 Å². The van der Waals surface area contributed by atoms with Gasteiger partial charge in [-0.05, 0) is 107 Å². The molecular weight excluding hydrogens is 616 g/mol. The molecule has 4 heterocycles. The quantitative estimate of drug-likeness (QED) is 0.232. The zero-order valence-corrected chi connectivity index (χ0v) is 28.4. The average Bonchev–Trinajstić information content (AvgIpc) is 3.53. The molecule has 0 radical (unpaired) electrons. The van der Waals surface area contributed by atoms with Crippen molar-refractivity contribution < 1.29 is 22.7 Å². The standard InChI is InChI=1S/C36H44N4O6S/c1-36(2,3)46-35(42)39-20-16-26(17-21-39)8-7-25-9-12-28(13-10-25)45-32-14-11-27(40-19-5-6-22-47(40,43)44)23-30(32)31-24-38(4)34(41)33-29(31)15-18-37-33/h9-15,18,23-24,26,37H,5-8,16-17,19-22H2,1-4H3. The molecule has 2 fully saturated rings. The van der Waals surface area contributed by atoms with E-state index in [1.165, 1.54) is 14.4 Å². The fourth-order valence-corrected chi connectivity index (χ4v) is 8.12. The summed E-state index contributed by atoms with van der Waals surface area (Å²) in [4.78, 5) is 30.1. The molecule has 2 aliphatic rings. The molecule has 1 N–H and O–H groups in total. The molecule has 2 aliphatic heterocycles. The van der Waals surface area contributed by atoms with Crippen molar-refractivity contribution in [2.75, 3.05) is 29.7 Å². The van der Waals surface area contributed by atoms with E-state index in [1.807, 2.05) is 56.0 Å². The number of aromatic nitrogens is 2. The maximum Gasteiger partial charge on any atom is 0.410 e. The summed E-state index contributed by atoms with van der Waals surface area (Å²) in [7, 11) is -1.71. The minimum absolute atomic E-state index is 0.125. The number of H-pyrrole nitrogens is 1. The van der Waals surface area contributed by atoms with E-state index in [9.17, 15) is 18.0 Å². The molecule has 0 atom stereocenters. The molecule has 250 valence electrons. The van der Waals surface area contributed by atoms with Gasteiger partial charge in [0.05, 0.1) is 11.4 Å². The molecule has 0 unspecified atom stereocenters. The highest BCUT2D eigenvalue weighted by molar-refractivity contribution is 7.92. The lowest BCUT2D eigenvalue weighted by Crippen LogP contribution is -2.41. The van der Waals surface area contributed by atoms with Crippen LogP contribution in [0.1, 0.15) is 58.4 Å². The lowest BCUT2D eigenvalue weighted by molar-refractivity contribution is 0.0181. The number of sulfonamides is 1. The number of aromatic amines is 1. The molecule has 0 saturated carbocycles. The van der Waals surface area contributed by atoms with Gasteiger partial charge in [0.1, 0.15) is 22.6 Å². The largest absolute Gasteiger partial charge is 0.457 e. The van der Waals surface area contributed by atoms with E-state index in [0.717, 1.165) is 56.1 Å². The first-order valence-corrected chi connectivity index (χ1v) is 18.1. The molecule has 11 heteroatoms. The van der Waals surface area contributed by atoms with Gasteiger partial charge in [0.15, 0.2) is 0 Å². The lowest BCUT2D eigenvalue weighted by Gasteiger charge is -2.33. The third-order valence-corrected chi connectivity index (χ3v) is 10.9. The van der Waals surface area contributed by atoms with Crippen molar-refractivity contribution in [2.45, 2.75) is 64.9 Å². The van der Waals surface area contributed by atoms with Gasteiger partial charge >= 0.3 is 6.09 Å². The summed E-state index contributed by atoms with van der Waals surface area (Å²) in [5, 5.41) is 0.740. The first-order valence-electron chi connectivity index (χ1n) is 16.4. The summed E-state index contributed by atoms with van der Waals surface area (Å²) in [5.74, 6) is 1.91. The van der Waals surface area contributed by atoms with E-state index in [2.05, 4.69) is 17.1 Å². The zero-order valence-electron chi connectivity index (χ0n) is 27.6. The molecule has 6 rings (SSSR count). The molecule has 0 spiro atoms. The molecule has 0 aliphatic carbocycles. The Balaban J connectivity index is 1.19. The van der Waals surface area contributed by atoms with E-state index in [0.29, 0.717) is 47.2 Å². The number of piperidine rings is 1. The van der Waals surface area contributed by atoms with Crippen molar-refractivity contribution in [1.29, 1.82) is 0 Å². The average molecular weight is 661 g/mol. The van der Waals surface area contributed by atoms with Crippen LogP contribution in [0.15, 0.2) is 65.7 Å². The van der Waals surface area contributed by atoms with Gasteiger partial charge < -0.3 is 23.9 Å². The second-order valence-corrected chi connectivity index (χ2v) is 15.7. The van der Waals surface area contributed by atoms with Crippen LogP contribution < -0.4 is 14.6 Å². The SMILES string of the molecule is Cn1cc(-c2cc(N3CCCCS3(=O)=O)ccc2Oc2ccc(CCC3CCN(C(=O)OC(C)(C)C)CC3)cc2)c2cc[nH]c2c1=O. The van der Waals surface area contributed by atoms with E-state index >= 15 is 0 Å². The summed E-state index contributed by atoms with van der Waals surface area (Å²) in [6.07, 6.45) is 8.66. The number of ether oxygens (including phenoxy) is 2. The highest BCUT2D eigenvalue weighted by Gasteiger charge is 2.28. The first kappa shape index (κ1) is 32.7. The van der Waals surface area contributed by atoms with Crippen LogP contribution >= 0.6 is 0 Å². The Morgan fingerprint density at radius 2 is 1.72 bits per heavy atom. The predicted molar refractivity (Wildman–Crippen MR) is 185 cm³/mol. The van der Waals surface area contributed by atoms with Gasteiger partial charge in [0, 0.05) is 55.6 Å². The summed E-state index contributed by atoms with van der Waals surface area (Å²) in [6, 6.07) is 15.4. The predicted octanol–water partition coefficient (Wildman–Crippen LogP) is 6.84. The van der Waals surface area contributed by atoms with Gasteiger partial charge in [0.2, 0.25) is 10.0 Å². The van der Waals surface area contributed by atoms with Gasteiger partial charge in [-0.15, -0.1) is 0 Å². The lowest BCUT2D eigenvalue weighted by atomic mass is 9.90. The summed E-state index contributed by atoms with van der Waals surface area (Å²) >= 11 is 0. The minimum Gasteiger partial charge on any atom is -0.457 e. The van der Waals surface area contributed by atoms with Crippen molar-refractivity contribution >= 4 is 32.7 Å². The number of hydrogen-bond acceptors (Lipinski definition) is 6. The number of hydrogen-bond donors (Lipinski definition) is 1. The first-order chi connectivity index (χ1) is 22.4. The number of fused-ring (bicyclic) bond motifs is 1. The summed E-state index contributed by atoms with van der Waals surface area (Å²) < 4.78 is 40.9. The van der Waals surface area contributed by atoms with Gasteiger partial charge in [-0.25, -0.2) is 13.2 Å². The minimum atomic E-state index is -3.42. The van der Waals surface area contributed by atoms with Gasteiger partial charge in [-0.3, -0.25) is 9.10 Å². The molecule has 10 nitrogen and oxygen atoms in total. The Morgan fingerprint density at radius 1 is 0.979 bits per heavy atom. The van der Waals surface area contributed by atoms with Crippen LogP contribution in [-0.2, 0) is 28.2 Å². The van der Waals surface area contributed by atoms with Crippen molar-refractivity contribution in [1.82, 2.24) is 14.5 Å². The fourth-order valence-electron chi connectivity index (χ4n) is 6.49. The number of carbonyl (C=O) groups excluding carboxylic acids is 1. The van der Waals surface area contributed by atoms with Crippen LogP contribution in [0.5, 0.6) is 11.5 Å². The Bertz CT molecular complexity index is 1920. The number of benzene rings is 2. The number of aryl methyl sites for hydroxylation is 2. The number of rotatable bonds is 7. The number of amides is 1. The van der Waals surface area contributed by atoms with Crippen molar-refractivity contribution in [3.05, 3.63) is 76.8 Å². The molecule has 4 aromatic rings. The molecule has 47 heavy (non-hydrogen) atoms. The number of pyridine rings is 1. The van der Waals surface area contributed by atoms with Crippen LogP contribution in [0.4, 0.5) is 10.5 Å². The Hall–Kier alpha value is -4.25. The molecule has 2 aromatic carbocycles. The van der Waals surface area contributed by atoms with Gasteiger partial charge in [0.25, 0.3) is 5.56 Å². The molecule has 2 aromatic heterocycles. The second-order valence-electron chi connectivity index (χ2n) is 13.7. The normalized spacial score (nSPS) is 17.2. The van der Waals surface area contributed by atoms with E-state index in [-0.39, 0.29) is 17.4 Å². The maximum absolute atomic E-state index is 13.0. The topological polar surface area (TPSA) is 114 Å². The zero-order chi connectivity index (χ0) is 33.3. The summed E-state index contributed by atoms with van der Waals surface area (Å²) in [5.41, 5.74) is 3.11. The second kappa shape index (κ2) is 13.1. The number of nitrogens with one attached hydrogen (secondary N) is 1. The molecule has 2 saturated heterocycles. The third-order valence-electron chi connectivity index (χ3n) is 9.04. The number of nitrogens with zero attached hydrogens (tertiary/aromatic N) is 3. The monoisotopic (exact) mass is 660 g/mol. The van der Waals surface area contributed by atoms with Crippen LogP contribution in [-0.4, -0.2) is 60.0 Å². The van der Waals surface area contributed by atoms with Crippen molar-refractivity contribution in [2.24, 2.45) is 13.0 Å². The van der Waals surface area contributed by atoms with E-state index in [1.54, 1.807) is 25.5 Å². The van der Waals surface area contributed by atoms with E-state index in [4.69, 9.17) is 9.47 Å². The van der Waals surface area contributed by atoms with E-state index < -0.39 is 15.6 Å². The maximum atomic E-state index is 13.0.